The normalized spacial score (nSPS) is 11.7. The molecular weight excluding hydrogens is 264 g/mol. The molecule has 2 aromatic rings. The number of hydrogen-bond acceptors (Lipinski definition) is 4. The van der Waals surface area contributed by atoms with E-state index in [0.29, 0.717) is 18.8 Å². The zero-order valence-electron chi connectivity index (χ0n) is 10.7. The number of nitrogens with zero attached hydrogens (tertiary/aromatic N) is 3. The van der Waals surface area contributed by atoms with Crippen LogP contribution in [0, 0.1) is 0 Å². The summed E-state index contributed by atoms with van der Waals surface area (Å²) < 4.78 is 24.2. The summed E-state index contributed by atoms with van der Waals surface area (Å²) in [4.78, 5) is 0. The van der Waals surface area contributed by atoms with Gasteiger partial charge >= 0.3 is 0 Å². The van der Waals surface area contributed by atoms with Crippen LogP contribution in [0.25, 0.3) is 0 Å². The molecule has 0 radical (unpaired) electrons. The minimum absolute atomic E-state index is 0.168. The van der Waals surface area contributed by atoms with Crippen molar-refractivity contribution in [2.75, 3.05) is 0 Å². The number of rotatable bonds is 5. The number of aromatic nitrogens is 3. The first kappa shape index (κ1) is 13.7. The van der Waals surface area contributed by atoms with Gasteiger partial charge in [-0.2, -0.15) is 0 Å². The van der Waals surface area contributed by atoms with E-state index < -0.39 is 10.0 Å². The fourth-order valence-electron chi connectivity index (χ4n) is 1.93. The van der Waals surface area contributed by atoms with Gasteiger partial charge in [-0.3, -0.25) is 0 Å². The maximum absolute atomic E-state index is 11.4. The number of sulfonamides is 1. The van der Waals surface area contributed by atoms with Crippen molar-refractivity contribution in [2.24, 2.45) is 5.14 Å². The van der Waals surface area contributed by atoms with E-state index in [9.17, 15) is 8.42 Å². The van der Waals surface area contributed by atoms with Crippen molar-refractivity contribution in [1.82, 2.24) is 14.8 Å². The molecule has 0 spiro atoms. The van der Waals surface area contributed by atoms with E-state index in [4.69, 9.17) is 5.14 Å². The van der Waals surface area contributed by atoms with Gasteiger partial charge in [0.25, 0.3) is 15.2 Å². The molecule has 1 aromatic heterocycles. The van der Waals surface area contributed by atoms with Gasteiger partial charge in [-0.05, 0) is 18.9 Å². The Morgan fingerprint density at radius 1 is 1.16 bits per heavy atom. The fourth-order valence-corrected chi connectivity index (χ4v) is 2.63. The third-order valence-electron chi connectivity index (χ3n) is 2.84. The average molecular weight is 280 g/mol. The second kappa shape index (κ2) is 5.50. The zero-order chi connectivity index (χ0) is 13.9. The standard InChI is InChI=1S/C12H16N4O2S/c1-2-16-11(14-15-12(16)19(13,17)18)9-8-10-6-4-3-5-7-10/h3-7H,2,8-9H2,1H3,(H2,13,17,18). The first-order chi connectivity index (χ1) is 9.02. The summed E-state index contributed by atoms with van der Waals surface area (Å²) in [5.74, 6) is 0.635. The Kier molecular flexibility index (Phi) is 3.96. The van der Waals surface area contributed by atoms with Crippen molar-refractivity contribution < 1.29 is 8.42 Å². The van der Waals surface area contributed by atoms with E-state index in [1.807, 2.05) is 37.3 Å². The molecule has 0 bridgehead atoms. The van der Waals surface area contributed by atoms with Crippen LogP contribution in [0.15, 0.2) is 35.5 Å². The summed E-state index contributed by atoms with van der Waals surface area (Å²) in [6.07, 6.45) is 1.41. The van der Waals surface area contributed by atoms with Crippen LogP contribution in [0.2, 0.25) is 0 Å². The first-order valence-electron chi connectivity index (χ1n) is 6.01. The van der Waals surface area contributed by atoms with E-state index in [2.05, 4.69) is 10.2 Å². The number of primary sulfonamides is 1. The van der Waals surface area contributed by atoms with E-state index in [1.54, 1.807) is 0 Å². The smallest absolute Gasteiger partial charge is 0.273 e. The molecule has 0 atom stereocenters. The molecule has 0 amide bonds. The molecule has 6 nitrogen and oxygen atoms in total. The molecule has 7 heteroatoms. The lowest BCUT2D eigenvalue weighted by atomic mass is 10.1. The maximum Gasteiger partial charge on any atom is 0.273 e. The van der Waals surface area contributed by atoms with Gasteiger partial charge < -0.3 is 4.57 Å². The summed E-state index contributed by atoms with van der Waals surface area (Å²) >= 11 is 0. The van der Waals surface area contributed by atoms with Crippen LogP contribution >= 0.6 is 0 Å². The summed E-state index contributed by atoms with van der Waals surface area (Å²) in [6, 6.07) is 9.93. The minimum atomic E-state index is -3.82. The highest BCUT2D eigenvalue weighted by Gasteiger charge is 2.19. The summed E-state index contributed by atoms with van der Waals surface area (Å²) in [5, 5.41) is 12.5. The highest BCUT2D eigenvalue weighted by atomic mass is 32.2. The Hall–Kier alpha value is -1.73. The monoisotopic (exact) mass is 280 g/mol. The number of nitrogens with two attached hydrogens (primary N) is 1. The SMILES string of the molecule is CCn1c(CCc2ccccc2)nnc1S(N)(=O)=O. The second-order valence-corrected chi connectivity index (χ2v) is 5.63. The van der Waals surface area contributed by atoms with Gasteiger partial charge in [-0.1, -0.05) is 30.3 Å². The van der Waals surface area contributed by atoms with Crippen LogP contribution in [-0.4, -0.2) is 23.2 Å². The molecule has 0 aliphatic carbocycles. The molecule has 19 heavy (non-hydrogen) atoms. The summed E-state index contributed by atoms with van der Waals surface area (Å²) in [7, 11) is -3.82. The minimum Gasteiger partial charge on any atom is -0.301 e. The second-order valence-electron chi connectivity index (χ2n) is 4.17. The zero-order valence-corrected chi connectivity index (χ0v) is 11.5. The van der Waals surface area contributed by atoms with Gasteiger partial charge in [0.2, 0.25) is 0 Å². The summed E-state index contributed by atoms with van der Waals surface area (Å²) in [6.45, 7) is 2.31. The Balaban J connectivity index is 2.20. The largest absolute Gasteiger partial charge is 0.301 e. The molecule has 0 unspecified atom stereocenters. The number of aryl methyl sites for hydroxylation is 2. The molecule has 1 aromatic carbocycles. The third kappa shape index (κ3) is 3.18. The van der Waals surface area contributed by atoms with E-state index in [0.717, 1.165) is 6.42 Å². The van der Waals surface area contributed by atoms with Crippen molar-refractivity contribution >= 4 is 10.0 Å². The van der Waals surface area contributed by atoms with Gasteiger partial charge in [0.1, 0.15) is 5.82 Å². The highest BCUT2D eigenvalue weighted by Crippen LogP contribution is 2.10. The Labute approximate surface area is 112 Å². The first-order valence-corrected chi connectivity index (χ1v) is 7.56. The Morgan fingerprint density at radius 2 is 1.84 bits per heavy atom. The third-order valence-corrected chi connectivity index (χ3v) is 3.66. The maximum atomic E-state index is 11.4. The highest BCUT2D eigenvalue weighted by molar-refractivity contribution is 7.89. The lowest BCUT2D eigenvalue weighted by Gasteiger charge is -2.06. The van der Waals surface area contributed by atoms with Crippen molar-refractivity contribution in [2.45, 2.75) is 31.5 Å². The molecule has 2 N–H and O–H groups in total. The van der Waals surface area contributed by atoms with Crippen LogP contribution in [0.1, 0.15) is 18.3 Å². The van der Waals surface area contributed by atoms with E-state index in [1.165, 1.54) is 10.1 Å². The molecule has 0 aliphatic rings. The summed E-state index contributed by atoms with van der Waals surface area (Å²) in [5.41, 5.74) is 1.17. The number of benzene rings is 1. The van der Waals surface area contributed by atoms with Crippen molar-refractivity contribution in [3.63, 3.8) is 0 Å². The van der Waals surface area contributed by atoms with Crippen molar-refractivity contribution in [1.29, 1.82) is 0 Å². The predicted molar refractivity (Wildman–Crippen MR) is 70.9 cm³/mol. The average Bonchev–Trinajstić information content (AvgIpc) is 2.80. The topological polar surface area (TPSA) is 90.9 Å². The van der Waals surface area contributed by atoms with E-state index >= 15 is 0 Å². The van der Waals surface area contributed by atoms with Gasteiger partial charge in [0, 0.05) is 13.0 Å². The van der Waals surface area contributed by atoms with Gasteiger partial charge in [-0.15, -0.1) is 10.2 Å². The van der Waals surface area contributed by atoms with Crippen LogP contribution in [0.3, 0.4) is 0 Å². The number of hydrogen-bond donors (Lipinski definition) is 1. The van der Waals surface area contributed by atoms with Crippen LogP contribution in [0.5, 0.6) is 0 Å². The quantitative estimate of drug-likeness (QED) is 0.874. The van der Waals surface area contributed by atoms with Gasteiger partial charge in [0.05, 0.1) is 0 Å². The Bertz CT molecular complexity index is 650. The molecule has 0 saturated heterocycles. The molecular formula is C12H16N4O2S. The Morgan fingerprint density at radius 3 is 2.42 bits per heavy atom. The fraction of sp³-hybridized carbons (Fsp3) is 0.333. The molecule has 1 heterocycles. The molecule has 0 saturated carbocycles. The molecule has 0 fully saturated rings. The van der Waals surface area contributed by atoms with Crippen LogP contribution in [-0.2, 0) is 29.4 Å². The molecule has 0 aliphatic heterocycles. The predicted octanol–water partition coefficient (Wildman–Crippen LogP) is 0.731. The van der Waals surface area contributed by atoms with Crippen LogP contribution < -0.4 is 5.14 Å². The lowest BCUT2D eigenvalue weighted by molar-refractivity contribution is 0.563. The molecule has 102 valence electrons. The van der Waals surface area contributed by atoms with Gasteiger partial charge in [-0.25, -0.2) is 13.6 Å². The van der Waals surface area contributed by atoms with Crippen molar-refractivity contribution in [3.05, 3.63) is 41.7 Å². The van der Waals surface area contributed by atoms with E-state index in [-0.39, 0.29) is 5.16 Å². The molecule has 2 rings (SSSR count). The van der Waals surface area contributed by atoms with Crippen molar-refractivity contribution in [3.8, 4) is 0 Å². The van der Waals surface area contributed by atoms with Crippen LogP contribution in [0.4, 0.5) is 0 Å². The van der Waals surface area contributed by atoms with Gasteiger partial charge in [0.15, 0.2) is 0 Å². The lowest BCUT2D eigenvalue weighted by Crippen LogP contribution is -2.19.